The van der Waals surface area contributed by atoms with Gasteiger partial charge in [0.05, 0.1) is 21.3 Å². The standard InChI is InChI=1S/C24H32N4O5/c1-6-8-12-27-22-20(23(29)28(24(27)30)13-9-7-2)25-19(26-22)11-10-16-14-17(31-3)21(33-5)18(15-16)32-4/h10-11,14-15H,6-9,12-13H2,1-5H3,(H,25,26)/b11-10+. The molecule has 9 nitrogen and oxygen atoms in total. The second kappa shape index (κ2) is 10.9. The summed E-state index contributed by atoms with van der Waals surface area (Å²) in [6.45, 7) is 5.00. The number of fused-ring (bicyclic) bond motifs is 1. The number of ether oxygens (including phenoxy) is 3. The molecule has 0 aliphatic heterocycles. The molecule has 0 spiro atoms. The monoisotopic (exact) mass is 456 g/mol. The van der Waals surface area contributed by atoms with Gasteiger partial charge in [0.25, 0.3) is 5.56 Å². The van der Waals surface area contributed by atoms with Crippen molar-refractivity contribution in [3.05, 3.63) is 44.4 Å². The van der Waals surface area contributed by atoms with Crippen molar-refractivity contribution in [1.82, 2.24) is 19.1 Å². The Morgan fingerprint density at radius 1 is 0.909 bits per heavy atom. The molecule has 1 N–H and O–H groups in total. The van der Waals surface area contributed by atoms with Crippen LogP contribution in [0.2, 0.25) is 0 Å². The van der Waals surface area contributed by atoms with Crippen LogP contribution in [0.1, 0.15) is 50.9 Å². The number of benzene rings is 1. The van der Waals surface area contributed by atoms with Crippen molar-refractivity contribution >= 4 is 23.3 Å². The number of nitrogens with zero attached hydrogens (tertiary/aromatic N) is 3. The second-order valence-electron chi connectivity index (χ2n) is 7.71. The Bertz CT molecular complexity index is 1230. The maximum absolute atomic E-state index is 13.0. The third kappa shape index (κ3) is 4.97. The summed E-state index contributed by atoms with van der Waals surface area (Å²) in [5.41, 5.74) is 0.882. The van der Waals surface area contributed by atoms with E-state index in [2.05, 4.69) is 16.9 Å². The van der Waals surface area contributed by atoms with E-state index in [1.54, 1.807) is 32.0 Å². The Hall–Kier alpha value is -3.49. The average Bonchev–Trinajstić information content (AvgIpc) is 3.26. The first-order valence-corrected chi connectivity index (χ1v) is 11.2. The number of aryl methyl sites for hydroxylation is 1. The van der Waals surface area contributed by atoms with Crippen molar-refractivity contribution < 1.29 is 14.2 Å². The number of hydrogen-bond acceptors (Lipinski definition) is 6. The number of rotatable bonds is 11. The maximum atomic E-state index is 13.0. The molecule has 0 saturated heterocycles. The number of aromatic amines is 1. The summed E-state index contributed by atoms with van der Waals surface area (Å²) >= 11 is 0. The summed E-state index contributed by atoms with van der Waals surface area (Å²) in [4.78, 5) is 33.7. The van der Waals surface area contributed by atoms with Gasteiger partial charge in [0.15, 0.2) is 17.1 Å². The molecule has 3 rings (SSSR count). The van der Waals surface area contributed by atoms with E-state index in [1.165, 1.54) is 4.57 Å². The summed E-state index contributed by atoms with van der Waals surface area (Å²) < 4.78 is 19.1. The number of methoxy groups -OCH3 is 3. The molecule has 33 heavy (non-hydrogen) atoms. The summed E-state index contributed by atoms with van der Waals surface area (Å²) in [7, 11) is 4.67. The fourth-order valence-electron chi connectivity index (χ4n) is 3.67. The highest BCUT2D eigenvalue weighted by molar-refractivity contribution is 5.76. The van der Waals surface area contributed by atoms with Gasteiger partial charge in [0, 0.05) is 13.1 Å². The average molecular weight is 457 g/mol. The SMILES string of the molecule is CCCCn1c(=O)c2[nH]c(/C=C/c3cc(OC)c(OC)c(OC)c3)nc2n(CCCC)c1=O. The van der Waals surface area contributed by atoms with Crippen LogP contribution in [0.25, 0.3) is 23.3 Å². The van der Waals surface area contributed by atoms with E-state index in [1.807, 2.05) is 25.1 Å². The van der Waals surface area contributed by atoms with Gasteiger partial charge in [-0.1, -0.05) is 32.8 Å². The van der Waals surface area contributed by atoms with Crippen molar-refractivity contribution in [2.75, 3.05) is 21.3 Å². The van der Waals surface area contributed by atoms with E-state index in [4.69, 9.17) is 14.2 Å². The van der Waals surface area contributed by atoms with Crippen molar-refractivity contribution in [3.63, 3.8) is 0 Å². The topological polar surface area (TPSA) is 100 Å². The first-order valence-electron chi connectivity index (χ1n) is 11.2. The lowest BCUT2D eigenvalue weighted by molar-refractivity contribution is 0.324. The molecule has 0 atom stereocenters. The highest BCUT2D eigenvalue weighted by atomic mass is 16.5. The molecule has 2 aromatic heterocycles. The minimum absolute atomic E-state index is 0.305. The van der Waals surface area contributed by atoms with E-state index in [9.17, 15) is 9.59 Å². The fraction of sp³-hybridized carbons (Fsp3) is 0.458. The molecule has 2 heterocycles. The highest BCUT2D eigenvalue weighted by Crippen LogP contribution is 2.38. The molecule has 1 aromatic carbocycles. The molecule has 0 radical (unpaired) electrons. The van der Waals surface area contributed by atoms with Gasteiger partial charge in [-0.15, -0.1) is 0 Å². The van der Waals surface area contributed by atoms with Crippen LogP contribution in [-0.4, -0.2) is 40.4 Å². The zero-order valence-electron chi connectivity index (χ0n) is 19.9. The number of unbranched alkanes of at least 4 members (excludes halogenated alkanes) is 2. The zero-order chi connectivity index (χ0) is 24.0. The summed E-state index contributed by atoms with van der Waals surface area (Å²) in [5, 5.41) is 0. The minimum Gasteiger partial charge on any atom is -0.493 e. The third-order valence-electron chi connectivity index (χ3n) is 5.47. The van der Waals surface area contributed by atoms with Crippen LogP contribution in [0.15, 0.2) is 21.7 Å². The Morgan fingerprint density at radius 3 is 2.06 bits per heavy atom. The normalized spacial score (nSPS) is 11.4. The second-order valence-corrected chi connectivity index (χ2v) is 7.71. The van der Waals surface area contributed by atoms with Crippen LogP contribution < -0.4 is 25.5 Å². The molecule has 0 unspecified atom stereocenters. The van der Waals surface area contributed by atoms with Crippen LogP contribution in [-0.2, 0) is 13.1 Å². The largest absolute Gasteiger partial charge is 0.493 e. The molecule has 9 heteroatoms. The lowest BCUT2D eigenvalue weighted by atomic mass is 10.1. The van der Waals surface area contributed by atoms with Gasteiger partial charge in [-0.2, -0.15) is 0 Å². The van der Waals surface area contributed by atoms with Gasteiger partial charge in [0.1, 0.15) is 11.3 Å². The number of imidazole rings is 1. The van der Waals surface area contributed by atoms with Gasteiger partial charge in [-0.05, 0) is 36.6 Å². The summed E-state index contributed by atoms with van der Waals surface area (Å²) in [5.74, 6) is 2.06. The minimum atomic E-state index is -0.337. The quantitative estimate of drug-likeness (QED) is 0.472. The van der Waals surface area contributed by atoms with Crippen molar-refractivity contribution in [1.29, 1.82) is 0 Å². The molecule has 0 aliphatic rings. The molecule has 178 valence electrons. The highest BCUT2D eigenvalue weighted by Gasteiger charge is 2.17. The van der Waals surface area contributed by atoms with E-state index < -0.39 is 0 Å². The van der Waals surface area contributed by atoms with E-state index >= 15 is 0 Å². The number of nitrogens with one attached hydrogen (secondary N) is 1. The number of aromatic nitrogens is 4. The zero-order valence-corrected chi connectivity index (χ0v) is 19.9. The van der Waals surface area contributed by atoms with Crippen molar-refractivity contribution in [2.45, 2.75) is 52.6 Å². The summed E-state index contributed by atoms with van der Waals surface area (Å²) in [6.07, 6.45) is 6.99. The third-order valence-corrected chi connectivity index (χ3v) is 5.47. The first kappa shape index (κ1) is 24.2. The molecular weight excluding hydrogens is 424 g/mol. The number of H-pyrrole nitrogens is 1. The molecule has 0 saturated carbocycles. The van der Waals surface area contributed by atoms with E-state index in [-0.39, 0.29) is 11.2 Å². The van der Waals surface area contributed by atoms with Gasteiger partial charge in [-0.25, -0.2) is 9.78 Å². The number of hydrogen-bond donors (Lipinski definition) is 1. The van der Waals surface area contributed by atoms with Crippen LogP contribution in [0.5, 0.6) is 17.2 Å². The van der Waals surface area contributed by atoms with Crippen molar-refractivity contribution in [3.8, 4) is 17.2 Å². The van der Waals surface area contributed by atoms with E-state index in [0.717, 1.165) is 31.2 Å². The molecule has 0 amide bonds. The van der Waals surface area contributed by atoms with Gasteiger partial charge in [-0.3, -0.25) is 13.9 Å². The molecule has 0 aliphatic carbocycles. The lowest BCUT2D eigenvalue weighted by Crippen LogP contribution is -2.40. The maximum Gasteiger partial charge on any atom is 0.332 e. The Morgan fingerprint density at radius 2 is 1.52 bits per heavy atom. The Kier molecular flexibility index (Phi) is 7.97. The smallest absolute Gasteiger partial charge is 0.332 e. The van der Waals surface area contributed by atoms with Crippen molar-refractivity contribution in [2.24, 2.45) is 0 Å². The Labute approximate surface area is 192 Å². The van der Waals surface area contributed by atoms with Gasteiger partial charge in [0.2, 0.25) is 5.75 Å². The molecule has 3 aromatic rings. The van der Waals surface area contributed by atoms with Crippen LogP contribution in [0.3, 0.4) is 0 Å². The Balaban J connectivity index is 2.08. The fourth-order valence-corrected chi connectivity index (χ4v) is 3.67. The van der Waals surface area contributed by atoms with Crippen LogP contribution >= 0.6 is 0 Å². The van der Waals surface area contributed by atoms with E-state index in [0.29, 0.717) is 47.3 Å². The van der Waals surface area contributed by atoms with Crippen LogP contribution in [0.4, 0.5) is 0 Å². The lowest BCUT2D eigenvalue weighted by Gasteiger charge is -2.12. The van der Waals surface area contributed by atoms with Gasteiger partial charge < -0.3 is 19.2 Å². The molecule has 0 fully saturated rings. The van der Waals surface area contributed by atoms with Crippen LogP contribution in [0, 0.1) is 0 Å². The molecular formula is C24H32N4O5. The first-order chi connectivity index (χ1) is 16.0. The summed E-state index contributed by atoms with van der Waals surface area (Å²) in [6, 6.07) is 3.63. The predicted molar refractivity (Wildman–Crippen MR) is 129 cm³/mol. The van der Waals surface area contributed by atoms with Gasteiger partial charge >= 0.3 is 5.69 Å². The molecule has 0 bridgehead atoms. The predicted octanol–water partition coefficient (Wildman–Crippen LogP) is 3.68.